The number of ether oxygens (including phenoxy) is 2. The maximum atomic E-state index is 12.8. The van der Waals surface area contributed by atoms with Gasteiger partial charge in [0.05, 0.1) is 16.9 Å². The van der Waals surface area contributed by atoms with Crippen LogP contribution in [-0.2, 0) is 9.59 Å². The van der Waals surface area contributed by atoms with E-state index >= 15 is 0 Å². The molecule has 182 valence electrons. The molecule has 4 rings (SSSR count). The van der Waals surface area contributed by atoms with Gasteiger partial charge in [0.2, 0.25) is 5.91 Å². The third-order valence-electron chi connectivity index (χ3n) is 5.52. The summed E-state index contributed by atoms with van der Waals surface area (Å²) in [6.07, 6.45) is 5.80. The van der Waals surface area contributed by atoms with E-state index in [1.54, 1.807) is 17.0 Å². The second kappa shape index (κ2) is 10.6. The predicted octanol–water partition coefficient (Wildman–Crippen LogP) is 3.84. The van der Waals surface area contributed by atoms with Crippen molar-refractivity contribution in [2.75, 3.05) is 26.7 Å². The number of methoxy groups -OCH3 is 1. The molecule has 2 aromatic rings. The summed E-state index contributed by atoms with van der Waals surface area (Å²) in [4.78, 5) is 55.1. The van der Waals surface area contributed by atoms with Gasteiger partial charge in [0, 0.05) is 25.4 Å². The fourth-order valence-electron chi connectivity index (χ4n) is 3.73. The van der Waals surface area contributed by atoms with Crippen LogP contribution in [0.2, 0.25) is 0 Å². The van der Waals surface area contributed by atoms with Crippen molar-refractivity contribution in [3.05, 3.63) is 57.1 Å². The molecule has 3 heterocycles. The molecule has 2 aliphatic heterocycles. The molecule has 1 aromatic carbocycles. The summed E-state index contributed by atoms with van der Waals surface area (Å²) in [6, 6.07) is 7.40. The molecule has 12 heteroatoms. The zero-order valence-corrected chi connectivity index (χ0v) is 19.7. The summed E-state index contributed by atoms with van der Waals surface area (Å²) < 4.78 is 10.9. The molecule has 0 bridgehead atoms. The highest BCUT2D eigenvalue weighted by Crippen LogP contribution is 2.37. The fraction of sp³-hybridized carbons (Fsp3) is 0.304. The smallest absolute Gasteiger partial charge is 0.331 e. The van der Waals surface area contributed by atoms with Gasteiger partial charge in [-0.1, -0.05) is 6.07 Å². The molecule has 11 nitrogen and oxygen atoms in total. The Morgan fingerprint density at radius 3 is 2.69 bits per heavy atom. The number of carbonyl (C=O) groups excluding carboxylic acids is 3. The van der Waals surface area contributed by atoms with Crippen molar-refractivity contribution in [2.45, 2.75) is 19.3 Å². The van der Waals surface area contributed by atoms with Gasteiger partial charge in [0.15, 0.2) is 11.5 Å². The molecule has 2 saturated heterocycles. The minimum atomic E-state index is -0.602. The van der Waals surface area contributed by atoms with Crippen molar-refractivity contribution >= 4 is 40.6 Å². The molecule has 35 heavy (non-hydrogen) atoms. The number of pyridine rings is 1. The second-order valence-electron chi connectivity index (χ2n) is 7.81. The van der Waals surface area contributed by atoms with Crippen LogP contribution in [0.15, 0.2) is 41.4 Å². The number of hydrogen-bond donors (Lipinski definition) is 0. The topological polar surface area (TPSA) is 132 Å². The Morgan fingerprint density at radius 2 is 1.97 bits per heavy atom. The van der Waals surface area contributed by atoms with Crippen LogP contribution < -0.4 is 9.47 Å². The number of nitro groups is 1. The van der Waals surface area contributed by atoms with E-state index in [0.29, 0.717) is 18.7 Å². The van der Waals surface area contributed by atoms with Crippen LogP contribution in [0.1, 0.15) is 24.8 Å². The lowest BCUT2D eigenvalue weighted by Crippen LogP contribution is -2.44. The highest BCUT2D eigenvalue weighted by Gasteiger charge is 2.37. The first-order chi connectivity index (χ1) is 16.9. The Hall–Kier alpha value is -3.93. The monoisotopic (exact) mass is 498 g/mol. The average Bonchev–Trinajstić information content (AvgIpc) is 3.12. The minimum absolute atomic E-state index is 0.178. The Bertz CT molecular complexity index is 1210. The number of likely N-dealkylation sites (tertiary alicyclic amines) is 1. The first-order valence-corrected chi connectivity index (χ1v) is 11.7. The van der Waals surface area contributed by atoms with Crippen molar-refractivity contribution in [3.8, 4) is 17.4 Å². The van der Waals surface area contributed by atoms with E-state index in [0.717, 1.165) is 35.9 Å². The van der Waals surface area contributed by atoms with Crippen LogP contribution in [0.25, 0.3) is 6.08 Å². The lowest BCUT2D eigenvalue weighted by atomic mass is 10.1. The second-order valence-corrected chi connectivity index (χ2v) is 8.80. The lowest BCUT2D eigenvalue weighted by molar-refractivity contribution is -0.386. The van der Waals surface area contributed by atoms with Gasteiger partial charge < -0.3 is 14.4 Å². The Balaban J connectivity index is 1.50. The number of nitrogens with zero attached hydrogens (tertiary/aromatic N) is 4. The standard InChI is InChI=1S/C23H22N4O7S/c1-33-18-12-15(7-8-17(18)34-21-16(27(31)32)6-5-9-24-21)13-19-22(29)26(23(30)35-19)14-20(28)25-10-3-2-4-11-25/h5-9,12-13H,2-4,10-11,14H2,1H3/b19-13-. The van der Waals surface area contributed by atoms with E-state index in [4.69, 9.17) is 9.47 Å². The van der Waals surface area contributed by atoms with Crippen LogP contribution in [0.3, 0.4) is 0 Å². The van der Waals surface area contributed by atoms with Crippen molar-refractivity contribution in [2.24, 2.45) is 0 Å². The van der Waals surface area contributed by atoms with Crippen molar-refractivity contribution in [3.63, 3.8) is 0 Å². The maximum Gasteiger partial charge on any atom is 0.331 e. The number of imide groups is 1. The zero-order valence-electron chi connectivity index (χ0n) is 18.8. The quantitative estimate of drug-likeness (QED) is 0.317. The van der Waals surface area contributed by atoms with E-state index in [-0.39, 0.29) is 40.4 Å². The lowest BCUT2D eigenvalue weighted by Gasteiger charge is -2.27. The molecule has 0 saturated carbocycles. The van der Waals surface area contributed by atoms with Crippen molar-refractivity contribution in [1.82, 2.24) is 14.8 Å². The summed E-state index contributed by atoms with van der Waals surface area (Å²) in [6.45, 7) is 1.00. The van der Waals surface area contributed by atoms with E-state index in [1.807, 2.05) is 0 Å². The molecule has 0 N–H and O–H groups in total. The van der Waals surface area contributed by atoms with Gasteiger partial charge >= 0.3 is 5.69 Å². The van der Waals surface area contributed by atoms with E-state index in [1.165, 1.54) is 37.6 Å². The minimum Gasteiger partial charge on any atom is -0.493 e. The number of piperidine rings is 1. The molecule has 2 fully saturated rings. The van der Waals surface area contributed by atoms with Gasteiger partial charge in [-0.15, -0.1) is 0 Å². The number of benzene rings is 1. The summed E-state index contributed by atoms with van der Waals surface area (Å²) >= 11 is 0.761. The van der Waals surface area contributed by atoms with Crippen LogP contribution in [0.5, 0.6) is 17.4 Å². The van der Waals surface area contributed by atoms with Crippen LogP contribution in [0, 0.1) is 10.1 Å². The molecule has 1 aromatic heterocycles. The SMILES string of the molecule is COc1cc(/C=C2\SC(=O)N(CC(=O)N3CCCCC3)C2=O)ccc1Oc1ncccc1[N+](=O)[O-]. The van der Waals surface area contributed by atoms with Crippen LogP contribution in [-0.4, -0.2) is 63.5 Å². The Morgan fingerprint density at radius 1 is 1.20 bits per heavy atom. The number of thioether (sulfide) groups is 1. The highest BCUT2D eigenvalue weighted by atomic mass is 32.2. The molecule has 3 amide bonds. The average molecular weight is 499 g/mol. The van der Waals surface area contributed by atoms with E-state index in [9.17, 15) is 24.5 Å². The zero-order chi connectivity index (χ0) is 24.9. The van der Waals surface area contributed by atoms with Gasteiger partial charge in [-0.25, -0.2) is 4.98 Å². The number of aromatic nitrogens is 1. The van der Waals surface area contributed by atoms with Crippen LogP contribution in [0.4, 0.5) is 10.5 Å². The Kier molecular flexibility index (Phi) is 7.30. The third kappa shape index (κ3) is 5.43. The van der Waals surface area contributed by atoms with Gasteiger partial charge in [0.1, 0.15) is 6.54 Å². The Labute approximate surface area is 204 Å². The summed E-state index contributed by atoms with van der Waals surface area (Å²) in [5.41, 5.74) is 0.240. The number of rotatable bonds is 7. The van der Waals surface area contributed by atoms with E-state index < -0.39 is 16.1 Å². The first kappa shape index (κ1) is 24.2. The normalized spacial score (nSPS) is 17.1. The van der Waals surface area contributed by atoms with Gasteiger partial charge in [-0.3, -0.25) is 29.4 Å². The maximum absolute atomic E-state index is 12.8. The van der Waals surface area contributed by atoms with Gasteiger partial charge in [-0.2, -0.15) is 0 Å². The number of carbonyl (C=O) groups is 3. The molecular formula is C23H22N4O7S. The largest absolute Gasteiger partial charge is 0.493 e. The third-order valence-corrected chi connectivity index (χ3v) is 6.42. The molecule has 0 atom stereocenters. The van der Waals surface area contributed by atoms with E-state index in [2.05, 4.69) is 4.98 Å². The first-order valence-electron chi connectivity index (χ1n) is 10.9. The van der Waals surface area contributed by atoms with Gasteiger partial charge in [0.25, 0.3) is 17.0 Å². The number of amides is 3. The summed E-state index contributed by atoms with van der Waals surface area (Å²) in [7, 11) is 1.40. The van der Waals surface area contributed by atoms with Crippen molar-refractivity contribution < 1.29 is 28.8 Å². The predicted molar refractivity (Wildman–Crippen MR) is 127 cm³/mol. The molecule has 0 unspecified atom stereocenters. The fourth-order valence-corrected chi connectivity index (χ4v) is 4.57. The highest BCUT2D eigenvalue weighted by molar-refractivity contribution is 8.18. The molecule has 0 aliphatic carbocycles. The van der Waals surface area contributed by atoms with Gasteiger partial charge in [-0.05, 0) is 60.9 Å². The molecular weight excluding hydrogens is 476 g/mol. The van der Waals surface area contributed by atoms with Crippen molar-refractivity contribution in [1.29, 1.82) is 0 Å². The molecule has 0 radical (unpaired) electrons. The summed E-state index contributed by atoms with van der Waals surface area (Å²) in [5.74, 6) is -0.526. The van der Waals surface area contributed by atoms with Crippen LogP contribution >= 0.6 is 11.8 Å². The molecule has 0 spiro atoms. The summed E-state index contributed by atoms with van der Waals surface area (Å²) in [5, 5.41) is 10.7. The molecule has 2 aliphatic rings. The number of hydrogen-bond acceptors (Lipinski definition) is 9.